The minimum Gasteiger partial charge on any atom is -0.322 e. The highest BCUT2D eigenvalue weighted by Crippen LogP contribution is 2.25. The molecule has 2 aromatic heterocycles. The third kappa shape index (κ3) is 5.12. The maximum Gasteiger partial charge on any atom is 0.255 e. The van der Waals surface area contributed by atoms with Gasteiger partial charge in [-0.3, -0.25) is 4.79 Å². The number of anilines is 1. The van der Waals surface area contributed by atoms with Gasteiger partial charge in [0.1, 0.15) is 0 Å². The molecule has 0 aliphatic carbocycles. The summed E-state index contributed by atoms with van der Waals surface area (Å²) in [7, 11) is 0. The molecule has 0 bridgehead atoms. The number of aryl methyl sites for hydroxylation is 2. The summed E-state index contributed by atoms with van der Waals surface area (Å²) in [5, 5.41) is 9.21. The van der Waals surface area contributed by atoms with Gasteiger partial charge >= 0.3 is 0 Å². The molecule has 2 heterocycles. The van der Waals surface area contributed by atoms with Crippen LogP contribution in [-0.2, 0) is 5.75 Å². The minimum absolute atomic E-state index is 0.117. The number of hydrogen-bond acceptors (Lipinski definition) is 6. The maximum atomic E-state index is 12.5. The fraction of sp³-hybridized carbons (Fsp3) is 0.136. The van der Waals surface area contributed by atoms with Crippen LogP contribution in [0.3, 0.4) is 0 Å². The van der Waals surface area contributed by atoms with E-state index >= 15 is 0 Å². The molecule has 0 saturated carbocycles. The molecule has 0 unspecified atom stereocenters. The molecule has 0 saturated heterocycles. The highest BCUT2D eigenvalue weighted by molar-refractivity contribution is 7.98. The van der Waals surface area contributed by atoms with Gasteiger partial charge in [0.25, 0.3) is 5.91 Å². The van der Waals surface area contributed by atoms with Crippen molar-refractivity contribution in [3.63, 3.8) is 0 Å². The molecule has 0 aliphatic heterocycles. The Labute approximate surface area is 182 Å². The Balaban J connectivity index is 1.35. The second-order valence-electron chi connectivity index (χ2n) is 6.45. The number of nitrogens with zero attached hydrogens (tertiary/aromatic N) is 2. The zero-order valence-electron chi connectivity index (χ0n) is 16.0. The van der Waals surface area contributed by atoms with Crippen LogP contribution in [-0.4, -0.2) is 15.9 Å². The van der Waals surface area contributed by atoms with Crippen LogP contribution in [0.5, 0.6) is 0 Å². The molecular formula is C22H19N3OS3. The molecule has 4 rings (SSSR count). The average Bonchev–Trinajstić information content (AvgIpc) is 3.35. The van der Waals surface area contributed by atoms with Crippen LogP contribution < -0.4 is 5.32 Å². The van der Waals surface area contributed by atoms with E-state index in [4.69, 9.17) is 0 Å². The number of nitrogens with one attached hydrogen (secondary N) is 1. The van der Waals surface area contributed by atoms with Gasteiger partial charge in [-0.15, -0.1) is 34.4 Å². The number of carbonyl (C=O) groups is 1. The Hall–Kier alpha value is -2.48. The summed E-state index contributed by atoms with van der Waals surface area (Å²) in [6.07, 6.45) is 0. The number of thioether (sulfide) groups is 1. The van der Waals surface area contributed by atoms with Gasteiger partial charge in [-0.2, -0.15) is 0 Å². The summed E-state index contributed by atoms with van der Waals surface area (Å²) in [6, 6.07) is 15.4. The molecule has 4 aromatic rings. The lowest BCUT2D eigenvalue weighted by Gasteiger charge is -2.07. The van der Waals surface area contributed by atoms with E-state index in [9.17, 15) is 4.79 Å². The van der Waals surface area contributed by atoms with Crippen molar-refractivity contribution in [2.75, 3.05) is 5.32 Å². The van der Waals surface area contributed by atoms with Gasteiger partial charge in [0.2, 0.25) is 0 Å². The zero-order chi connectivity index (χ0) is 20.2. The molecule has 7 heteroatoms. The third-order valence-electron chi connectivity index (χ3n) is 4.23. The van der Waals surface area contributed by atoms with E-state index in [0.717, 1.165) is 43.3 Å². The standard InChI is InChI=1S/C22H19N3OS3/c1-14-23-19(11-27-14)12-29-20-9-5-17(6-10-20)22(26)25-18-7-3-16(4-8-18)21-13-28-15(2)24-21/h3-11,13H,12H2,1-2H3,(H,25,26). The number of hydrogen-bond donors (Lipinski definition) is 1. The summed E-state index contributed by atoms with van der Waals surface area (Å²) in [5.74, 6) is 0.717. The van der Waals surface area contributed by atoms with E-state index in [1.807, 2.05) is 67.8 Å². The third-order valence-corrected chi connectivity index (χ3v) is 6.87. The minimum atomic E-state index is -0.117. The number of thiazole rings is 2. The largest absolute Gasteiger partial charge is 0.322 e. The predicted molar refractivity (Wildman–Crippen MR) is 123 cm³/mol. The van der Waals surface area contributed by atoms with E-state index in [-0.39, 0.29) is 5.91 Å². The van der Waals surface area contributed by atoms with Crippen LogP contribution in [0.25, 0.3) is 11.3 Å². The summed E-state index contributed by atoms with van der Waals surface area (Å²) >= 11 is 5.02. The molecular weight excluding hydrogens is 418 g/mol. The highest BCUT2D eigenvalue weighted by atomic mass is 32.2. The Kier molecular flexibility index (Phi) is 6.08. The van der Waals surface area contributed by atoms with Crippen LogP contribution in [0.1, 0.15) is 26.1 Å². The Morgan fingerprint density at radius 3 is 2.24 bits per heavy atom. The van der Waals surface area contributed by atoms with Gasteiger partial charge in [-0.05, 0) is 50.2 Å². The Bertz CT molecular complexity index is 1110. The zero-order valence-corrected chi connectivity index (χ0v) is 18.5. The number of aromatic nitrogens is 2. The van der Waals surface area contributed by atoms with E-state index in [1.165, 1.54) is 0 Å². The first-order valence-corrected chi connectivity index (χ1v) is 11.8. The molecule has 0 aliphatic rings. The van der Waals surface area contributed by atoms with Crippen molar-refractivity contribution in [2.24, 2.45) is 0 Å². The SMILES string of the molecule is Cc1nc(CSc2ccc(C(=O)Nc3ccc(-c4csc(C)n4)cc3)cc2)cs1. The summed E-state index contributed by atoms with van der Waals surface area (Å²) < 4.78 is 0. The lowest BCUT2D eigenvalue weighted by molar-refractivity contribution is 0.102. The molecule has 146 valence electrons. The molecule has 1 amide bonds. The normalized spacial score (nSPS) is 10.8. The van der Waals surface area contributed by atoms with Gasteiger partial charge < -0.3 is 5.32 Å². The van der Waals surface area contributed by atoms with Crippen molar-refractivity contribution in [1.82, 2.24) is 9.97 Å². The first kappa shape index (κ1) is 19.8. The van der Waals surface area contributed by atoms with Crippen LogP contribution in [0.4, 0.5) is 5.69 Å². The lowest BCUT2D eigenvalue weighted by Crippen LogP contribution is -2.11. The molecule has 29 heavy (non-hydrogen) atoms. The van der Waals surface area contributed by atoms with Crippen LogP contribution >= 0.6 is 34.4 Å². The Morgan fingerprint density at radius 1 is 0.931 bits per heavy atom. The number of amides is 1. The molecule has 0 radical (unpaired) electrons. The predicted octanol–water partition coefficient (Wildman–Crippen LogP) is 6.43. The number of benzene rings is 2. The number of rotatable bonds is 6. The highest BCUT2D eigenvalue weighted by Gasteiger charge is 2.08. The van der Waals surface area contributed by atoms with Crippen molar-refractivity contribution in [3.05, 3.63) is 80.6 Å². The van der Waals surface area contributed by atoms with Crippen LogP contribution in [0.2, 0.25) is 0 Å². The molecule has 0 spiro atoms. The van der Waals surface area contributed by atoms with Gasteiger partial charge in [-0.1, -0.05) is 12.1 Å². The number of carbonyl (C=O) groups excluding carboxylic acids is 1. The fourth-order valence-electron chi connectivity index (χ4n) is 2.76. The van der Waals surface area contributed by atoms with Gasteiger partial charge in [0.05, 0.1) is 21.4 Å². The van der Waals surface area contributed by atoms with Gasteiger partial charge in [0.15, 0.2) is 0 Å². The molecule has 4 nitrogen and oxygen atoms in total. The smallest absolute Gasteiger partial charge is 0.255 e. The molecule has 1 N–H and O–H groups in total. The summed E-state index contributed by atoms with van der Waals surface area (Å²) in [6.45, 7) is 4.01. The van der Waals surface area contributed by atoms with E-state index in [0.29, 0.717) is 5.56 Å². The molecule has 0 atom stereocenters. The summed E-state index contributed by atoms with van der Waals surface area (Å²) in [4.78, 5) is 22.6. The Morgan fingerprint density at radius 2 is 1.62 bits per heavy atom. The molecule has 0 fully saturated rings. The maximum absolute atomic E-state index is 12.5. The molecule has 2 aromatic carbocycles. The first-order chi connectivity index (χ1) is 14.1. The van der Waals surface area contributed by atoms with E-state index < -0.39 is 0 Å². The van der Waals surface area contributed by atoms with E-state index in [1.54, 1.807) is 34.4 Å². The van der Waals surface area contributed by atoms with Crippen molar-refractivity contribution in [3.8, 4) is 11.3 Å². The van der Waals surface area contributed by atoms with Crippen LogP contribution in [0, 0.1) is 13.8 Å². The van der Waals surface area contributed by atoms with Crippen molar-refractivity contribution < 1.29 is 4.79 Å². The fourth-order valence-corrected chi connectivity index (χ4v) is 4.89. The monoisotopic (exact) mass is 437 g/mol. The quantitative estimate of drug-likeness (QED) is 0.353. The van der Waals surface area contributed by atoms with Crippen molar-refractivity contribution in [2.45, 2.75) is 24.5 Å². The van der Waals surface area contributed by atoms with Gasteiger partial charge in [0, 0.05) is 38.2 Å². The first-order valence-electron chi connectivity index (χ1n) is 9.04. The second-order valence-corrected chi connectivity index (χ2v) is 9.63. The van der Waals surface area contributed by atoms with Crippen molar-refractivity contribution in [1.29, 1.82) is 0 Å². The van der Waals surface area contributed by atoms with Crippen LogP contribution in [0.15, 0.2) is 64.2 Å². The second kappa shape index (κ2) is 8.90. The summed E-state index contributed by atoms with van der Waals surface area (Å²) in [5.41, 5.74) is 4.51. The van der Waals surface area contributed by atoms with E-state index in [2.05, 4.69) is 20.7 Å². The topological polar surface area (TPSA) is 54.9 Å². The van der Waals surface area contributed by atoms with Crippen molar-refractivity contribution >= 4 is 46.0 Å². The van der Waals surface area contributed by atoms with Gasteiger partial charge in [-0.25, -0.2) is 9.97 Å². The average molecular weight is 438 g/mol. The lowest BCUT2D eigenvalue weighted by atomic mass is 10.1.